The third-order valence-corrected chi connectivity index (χ3v) is 3.11. The predicted molar refractivity (Wildman–Crippen MR) is 67.2 cm³/mol. The largest absolute Gasteiger partial charge is 0.395 e. The molecule has 0 aliphatic carbocycles. The molecule has 1 atom stereocenters. The molecule has 1 heterocycles. The van der Waals surface area contributed by atoms with Crippen molar-refractivity contribution in [2.24, 2.45) is 0 Å². The molecule has 1 unspecified atom stereocenters. The SMILES string of the molecule is CN(C)c1ccc2c(c1)C(C#N)N(CCO)C2=O. The minimum atomic E-state index is -0.598. The van der Waals surface area contributed by atoms with Gasteiger partial charge in [0.05, 0.1) is 12.7 Å². The van der Waals surface area contributed by atoms with Crippen molar-refractivity contribution in [2.45, 2.75) is 6.04 Å². The highest BCUT2D eigenvalue weighted by molar-refractivity contribution is 6.00. The molecule has 1 aromatic rings. The van der Waals surface area contributed by atoms with Crippen LogP contribution in [0.15, 0.2) is 18.2 Å². The van der Waals surface area contributed by atoms with E-state index in [1.807, 2.05) is 31.1 Å². The van der Waals surface area contributed by atoms with E-state index >= 15 is 0 Å². The number of amides is 1. The third kappa shape index (κ3) is 1.81. The summed E-state index contributed by atoms with van der Waals surface area (Å²) in [5.41, 5.74) is 2.23. The molecule has 1 aromatic carbocycles. The monoisotopic (exact) mass is 245 g/mol. The van der Waals surface area contributed by atoms with Crippen molar-refractivity contribution in [2.75, 3.05) is 32.1 Å². The van der Waals surface area contributed by atoms with Gasteiger partial charge in [-0.1, -0.05) is 0 Å². The number of β-amino-alcohol motifs (C(OH)–C–C–N with tert-alkyl or cyclic N) is 1. The van der Waals surface area contributed by atoms with Crippen molar-refractivity contribution in [3.8, 4) is 6.07 Å². The molecule has 1 N–H and O–H groups in total. The lowest BCUT2D eigenvalue weighted by Gasteiger charge is -2.18. The van der Waals surface area contributed by atoms with Crippen LogP contribution < -0.4 is 4.90 Å². The van der Waals surface area contributed by atoms with E-state index in [0.29, 0.717) is 5.56 Å². The average Bonchev–Trinajstić information content (AvgIpc) is 2.62. The van der Waals surface area contributed by atoms with E-state index in [-0.39, 0.29) is 19.1 Å². The summed E-state index contributed by atoms with van der Waals surface area (Å²) in [5.74, 6) is -0.184. The zero-order valence-electron chi connectivity index (χ0n) is 10.4. The van der Waals surface area contributed by atoms with Crippen molar-refractivity contribution in [3.05, 3.63) is 29.3 Å². The second-order valence-electron chi connectivity index (χ2n) is 4.42. The molecule has 0 saturated carbocycles. The lowest BCUT2D eigenvalue weighted by molar-refractivity contribution is 0.0721. The maximum Gasteiger partial charge on any atom is 0.255 e. The van der Waals surface area contributed by atoms with Crippen molar-refractivity contribution in [1.29, 1.82) is 5.26 Å². The Bertz CT molecular complexity index is 519. The minimum Gasteiger partial charge on any atom is -0.395 e. The summed E-state index contributed by atoms with van der Waals surface area (Å²) in [4.78, 5) is 15.4. The standard InChI is InChI=1S/C13H15N3O2/c1-15(2)9-3-4-10-11(7-9)12(8-14)16(5-6-17)13(10)18/h3-4,7,12,17H,5-6H2,1-2H3. The molecule has 0 radical (unpaired) electrons. The molecule has 1 aliphatic rings. The van der Waals surface area contributed by atoms with E-state index in [9.17, 15) is 10.1 Å². The van der Waals surface area contributed by atoms with E-state index in [1.54, 1.807) is 6.07 Å². The Morgan fingerprint density at radius 3 is 2.78 bits per heavy atom. The van der Waals surface area contributed by atoms with Gasteiger partial charge in [-0.2, -0.15) is 5.26 Å². The normalized spacial score (nSPS) is 17.6. The first-order valence-electron chi connectivity index (χ1n) is 5.73. The van der Waals surface area contributed by atoms with E-state index in [0.717, 1.165) is 11.3 Å². The zero-order chi connectivity index (χ0) is 13.3. The molecule has 5 heteroatoms. The van der Waals surface area contributed by atoms with Gasteiger partial charge in [0.15, 0.2) is 0 Å². The van der Waals surface area contributed by atoms with Crippen LogP contribution in [0.25, 0.3) is 0 Å². The molecule has 0 fully saturated rings. The summed E-state index contributed by atoms with van der Waals surface area (Å²) in [5, 5.41) is 18.2. The number of carbonyl (C=O) groups is 1. The fraction of sp³-hybridized carbons (Fsp3) is 0.385. The van der Waals surface area contributed by atoms with Gasteiger partial charge in [-0.05, 0) is 18.2 Å². The number of rotatable bonds is 3. The van der Waals surface area contributed by atoms with E-state index in [2.05, 4.69) is 6.07 Å². The molecule has 1 amide bonds. The smallest absolute Gasteiger partial charge is 0.255 e. The van der Waals surface area contributed by atoms with Gasteiger partial charge in [-0.3, -0.25) is 4.79 Å². The highest BCUT2D eigenvalue weighted by atomic mass is 16.3. The number of hydrogen-bond donors (Lipinski definition) is 1. The molecule has 5 nitrogen and oxygen atoms in total. The van der Waals surface area contributed by atoms with E-state index < -0.39 is 6.04 Å². The fourth-order valence-corrected chi connectivity index (χ4v) is 2.17. The van der Waals surface area contributed by atoms with Gasteiger partial charge in [0, 0.05) is 37.5 Å². The van der Waals surface area contributed by atoms with Gasteiger partial charge in [0.2, 0.25) is 0 Å². The van der Waals surface area contributed by atoms with E-state index in [1.165, 1.54) is 4.90 Å². The number of nitriles is 1. The highest BCUT2D eigenvalue weighted by Gasteiger charge is 2.36. The van der Waals surface area contributed by atoms with Gasteiger partial charge >= 0.3 is 0 Å². The van der Waals surface area contributed by atoms with Crippen molar-refractivity contribution in [3.63, 3.8) is 0 Å². The Morgan fingerprint density at radius 2 is 2.22 bits per heavy atom. The molecule has 18 heavy (non-hydrogen) atoms. The summed E-state index contributed by atoms with van der Waals surface area (Å²) >= 11 is 0. The van der Waals surface area contributed by atoms with Gasteiger partial charge < -0.3 is 14.9 Å². The molecule has 1 aliphatic heterocycles. The molecule has 0 spiro atoms. The van der Waals surface area contributed by atoms with Gasteiger partial charge in [-0.15, -0.1) is 0 Å². The number of anilines is 1. The summed E-state index contributed by atoms with van der Waals surface area (Å²) in [7, 11) is 3.82. The van der Waals surface area contributed by atoms with E-state index in [4.69, 9.17) is 5.11 Å². The van der Waals surface area contributed by atoms with Crippen molar-refractivity contribution >= 4 is 11.6 Å². The third-order valence-electron chi connectivity index (χ3n) is 3.11. The van der Waals surface area contributed by atoms with Crippen molar-refractivity contribution < 1.29 is 9.90 Å². The molecule has 0 saturated heterocycles. The molecule has 0 aromatic heterocycles. The Morgan fingerprint density at radius 1 is 1.50 bits per heavy atom. The first-order chi connectivity index (χ1) is 8.60. The first-order valence-corrected chi connectivity index (χ1v) is 5.73. The first kappa shape index (κ1) is 12.4. The molecule has 2 rings (SSSR count). The second kappa shape index (κ2) is 4.67. The van der Waals surface area contributed by atoms with Crippen LogP contribution in [0.4, 0.5) is 5.69 Å². The topological polar surface area (TPSA) is 67.6 Å². The highest BCUT2D eigenvalue weighted by Crippen LogP contribution is 2.35. The maximum atomic E-state index is 12.1. The van der Waals surface area contributed by atoms with Gasteiger partial charge in [0.1, 0.15) is 6.04 Å². The van der Waals surface area contributed by atoms with Crippen molar-refractivity contribution in [1.82, 2.24) is 4.90 Å². The zero-order valence-corrected chi connectivity index (χ0v) is 10.4. The van der Waals surface area contributed by atoms with Crippen LogP contribution in [0.3, 0.4) is 0 Å². The Kier molecular flexibility index (Phi) is 3.21. The van der Waals surface area contributed by atoms with Crippen LogP contribution in [0.2, 0.25) is 0 Å². The lowest BCUT2D eigenvalue weighted by atomic mass is 10.0. The number of nitrogens with zero attached hydrogens (tertiary/aromatic N) is 3. The van der Waals surface area contributed by atoms with Gasteiger partial charge in [0.25, 0.3) is 5.91 Å². The average molecular weight is 245 g/mol. The Hall–Kier alpha value is -2.06. The molecular formula is C13H15N3O2. The van der Waals surface area contributed by atoms with Crippen LogP contribution in [0, 0.1) is 11.3 Å². The number of benzene rings is 1. The van der Waals surface area contributed by atoms with Crippen LogP contribution in [0.5, 0.6) is 0 Å². The Balaban J connectivity index is 2.47. The summed E-state index contributed by atoms with van der Waals surface area (Å²) in [6, 6.07) is 6.99. The maximum absolute atomic E-state index is 12.1. The van der Waals surface area contributed by atoms with Crippen LogP contribution in [-0.2, 0) is 0 Å². The number of aliphatic hydroxyl groups is 1. The second-order valence-corrected chi connectivity index (χ2v) is 4.42. The van der Waals surface area contributed by atoms with Crippen LogP contribution >= 0.6 is 0 Å². The quantitative estimate of drug-likeness (QED) is 0.854. The predicted octanol–water partition coefficient (Wildman–Crippen LogP) is 0.765. The van der Waals surface area contributed by atoms with Crippen LogP contribution in [-0.4, -0.2) is 43.2 Å². The van der Waals surface area contributed by atoms with Gasteiger partial charge in [-0.25, -0.2) is 0 Å². The minimum absolute atomic E-state index is 0.140. The molecule has 94 valence electrons. The fourth-order valence-electron chi connectivity index (χ4n) is 2.17. The number of aliphatic hydroxyl groups excluding tert-OH is 1. The lowest BCUT2D eigenvalue weighted by Crippen LogP contribution is -2.30. The molecular weight excluding hydrogens is 230 g/mol. The number of carbonyl (C=O) groups excluding carboxylic acids is 1. The molecule has 0 bridgehead atoms. The number of fused-ring (bicyclic) bond motifs is 1. The summed E-state index contributed by atoms with van der Waals surface area (Å²) in [6.07, 6.45) is 0. The summed E-state index contributed by atoms with van der Waals surface area (Å²) in [6.45, 7) is 0.0431. The van der Waals surface area contributed by atoms with Crippen LogP contribution in [0.1, 0.15) is 22.0 Å². The number of hydrogen-bond acceptors (Lipinski definition) is 4. The summed E-state index contributed by atoms with van der Waals surface area (Å²) < 4.78 is 0. The Labute approximate surface area is 106 Å².